The lowest BCUT2D eigenvalue weighted by atomic mass is 10.0. The zero-order valence-electron chi connectivity index (χ0n) is 6.47. The third kappa shape index (κ3) is 1.32. The molecule has 0 aromatic rings. The van der Waals surface area contributed by atoms with Crippen molar-refractivity contribution in [3.8, 4) is 0 Å². The van der Waals surface area contributed by atoms with Crippen LogP contribution in [-0.4, -0.2) is 37.1 Å². The van der Waals surface area contributed by atoms with E-state index < -0.39 is 0 Å². The number of fused-ring (bicyclic) bond motifs is 5. The molecule has 3 heterocycles. The van der Waals surface area contributed by atoms with Gasteiger partial charge in [-0.2, -0.15) is 0 Å². The maximum atomic E-state index is 3.58. The molecule has 2 heteroatoms. The number of hydrogen-bond donors (Lipinski definition) is 1. The van der Waals surface area contributed by atoms with Gasteiger partial charge in [0.25, 0.3) is 0 Å². The first-order valence-electron chi connectivity index (χ1n) is 4.41. The van der Waals surface area contributed by atoms with E-state index in [2.05, 4.69) is 10.2 Å². The Morgan fingerprint density at radius 3 is 2.70 bits per heavy atom. The molecule has 10 heavy (non-hydrogen) atoms. The largest absolute Gasteiger partial charge is 0.314 e. The van der Waals surface area contributed by atoms with Crippen molar-refractivity contribution < 1.29 is 0 Å². The van der Waals surface area contributed by atoms with Gasteiger partial charge in [0.15, 0.2) is 0 Å². The minimum absolute atomic E-state index is 0.844. The van der Waals surface area contributed by atoms with E-state index in [9.17, 15) is 0 Å². The standard InChI is InChI=1S/C8H16N2/c1-4-9-8-2-6-10(5-1)7-3-8/h8-9H,1-7H2. The first-order chi connectivity index (χ1) is 4.95. The molecule has 0 amide bonds. The molecule has 2 nitrogen and oxygen atoms in total. The van der Waals surface area contributed by atoms with E-state index in [-0.39, 0.29) is 0 Å². The minimum Gasteiger partial charge on any atom is -0.314 e. The molecule has 3 fully saturated rings. The maximum absolute atomic E-state index is 3.58. The van der Waals surface area contributed by atoms with Gasteiger partial charge in [-0.3, -0.25) is 0 Å². The van der Waals surface area contributed by atoms with Gasteiger partial charge in [-0.1, -0.05) is 0 Å². The molecule has 0 spiro atoms. The Hall–Kier alpha value is -0.0800. The number of piperidine rings is 1. The Morgan fingerprint density at radius 2 is 1.90 bits per heavy atom. The summed E-state index contributed by atoms with van der Waals surface area (Å²) < 4.78 is 0. The average molecular weight is 140 g/mol. The molecular formula is C8H16N2. The second-order valence-electron chi connectivity index (χ2n) is 3.42. The van der Waals surface area contributed by atoms with Gasteiger partial charge in [0.1, 0.15) is 0 Å². The molecule has 2 bridgehead atoms. The molecule has 3 saturated heterocycles. The third-order valence-corrected chi connectivity index (χ3v) is 2.67. The predicted molar refractivity (Wildman–Crippen MR) is 42.1 cm³/mol. The van der Waals surface area contributed by atoms with Crippen LogP contribution in [0.25, 0.3) is 0 Å². The van der Waals surface area contributed by atoms with E-state index in [1.165, 1.54) is 45.4 Å². The van der Waals surface area contributed by atoms with E-state index >= 15 is 0 Å². The van der Waals surface area contributed by atoms with Crippen LogP contribution in [0.3, 0.4) is 0 Å². The van der Waals surface area contributed by atoms with Gasteiger partial charge in [0.05, 0.1) is 0 Å². The number of nitrogens with zero attached hydrogens (tertiary/aromatic N) is 1. The Balaban J connectivity index is 1.94. The number of nitrogens with one attached hydrogen (secondary N) is 1. The highest BCUT2D eigenvalue weighted by molar-refractivity contribution is 4.79. The highest BCUT2D eigenvalue weighted by atomic mass is 15.2. The van der Waals surface area contributed by atoms with E-state index in [4.69, 9.17) is 0 Å². The smallest absolute Gasteiger partial charge is 0.00914 e. The van der Waals surface area contributed by atoms with Gasteiger partial charge >= 0.3 is 0 Å². The summed E-state index contributed by atoms with van der Waals surface area (Å²) in [6.45, 7) is 5.22. The van der Waals surface area contributed by atoms with Gasteiger partial charge in [-0.05, 0) is 45.4 Å². The average Bonchev–Trinajstić information content (AvgIpc) is 1.89. The fourth-order valence-electron chi connectivity index (χ4n) is 1.97. The fraction of sp³-hybridized carbons (Fsp3) is 1.00. The lowest BCUT2D eigenvalue weighted by Gasteiger charge is -2.35. The first-order valence-corrected chi connectivity index (χ1v) is 4.41. The summed E-state index contributed by atoms with van der Waals surface area (Å²) in [5.74, 6) is 0. The molecule has 0 radical (unpaired) electrons. The molecule has 0 atom stereocenters. The van der Waals surface area contributed by atoms with Gasteiger partial charge in [-0.25, -0.2) is 0 Å². The maximum Gasteiger partial charge on any atom is 0.00914 e. The van der Waals surface area contributed by atoms with Crippen molar-refractivity contribution in [3.63, 3.8) is 0 Å². The third-order valence-electron chi connectivity index (χ3n) is 2.67. The molecular weight excluding hydrogens is 124 g/mol. The summed E-state index contributed by atoms with van der Waals surface area (Å²) in [6.07, 6.45) is 4.09. The minimum atomic E-state index is 0.844. The van der Waals surface area contributed by atoms with Crippen LogP contribution in [0.15, 0.2) is 0 Å². The Kier molecular flexibility index (Phi) is 1.91. The van der Waals surface area contributed by atoms with E-state index in [1.54, 1.807) is 0 Å². The van der Waals surface area contributed by atoms with Crippen molar-refractivity contribution in [1.82, 2.24) is 10.2 Å². The van der Waals surface area contributed by atoms with Crippen molar-refractivity contribution in [2.45, 2.75) is 25.3 Å². The number of rotatable bonds is 0. The highest BCUT2D eigenvalue weighted by Gasteiger charge is 2.20. The second-order valence-corrected chi connectivity index (χ2v) is 3.42. The van der Waals surface area contributed by atoms with E-state index in [0.717, 1.165) is 6.04 Å². The van der Waals surface area contributed by atoms with Gasteiger partial charge in [0, 0.05) is 6.04 Å². The van der Waals surface area contributed by atoms with Crippen molar-refractivity contribution in [1.29, 1.82) is 0 Å². The zero-order chi connectivity index (χ0) is 6.81. The molecule has 0 aromatic carbocycles. The normalized spacial score (nSPS) is 40.8. The molecule has 0 aliphatic carbocycles. The molecule has 1 N–H and O–H groups in total. The van der Waals surface area contributed by atoms with Crippen molar-refractivity contribution in [2.75, 3.05) is 26.2 Å². The first kappa shape index (κ1) is 6.62. The van der Waals surface area contributed by atoms with Gasteiger partial charge in [-0.15, -0.1) is 0 Å². The van der Waals surface area contributed by atoms with Crippen LogP contribution >= 0.6 is 0 Å². The van der Waals surface area contributed by atoms with Crippen LogP contribution in [0, 0.1) is 0 Å². The van der Waals surface area contributed by atoms with Crippen molar-refractivity contribution in [2.24, 2.45) is 0 Å². The van der Waals surface area contributed by atoms with Gasteiger partial charge in [0.2, 0.25) is 0 Å². The molecule has 0 unspecified atom stereocenters. The van der Waals surface area contributed by atoms with E-state index in [0.29, 0.717) is 0 Å². The summed E-state index contributed by atoms with van der Waals surface area (Å²) in [4.78, 5) is 2.59. The van der Waals surface area contributed by atoms with E-state index in [1.807, 2.05) is 0 Å². The molecule has 0 saturated carbocycles. The lowest BCUT2D eigenvalue weighted by Crippen LogP contribution is -2.46. The second kappa shape index (κ2) is 2.89. The molecule has 0 aromatic heterocycles. The SMILES string of the molecule is C1CNC2CCN(C1)CC2. The Morgan fingerprint density at radius 1 is 1.10 bits per heavy atom. The topological polar surface area (TPSA) is 15.3 Å². The summed E-state index contributed by atoms with van der Waals surface area (Å²) in [5.41, 5.74) is 0. The zero-order valence-corrected chi connectivity index (χ0v) is 6.47. The molecule has 3 aliphatic rings. The molecule has 58 valence electrons. The lowest BCUT2D eigenvalue weighted by molar-refractivity contribution is 0.174. The molecule has 3 rings (SSSR count). The summed E-state index contributed by atoms with van der Waals surface area (Å²) >= 11 is 0. The van der Waals surface area contributed by atoms with Gasteiger partial charge < -0.3 is 10.2 Å². The fourth-order valence-corrected chi connectivity index (χ4v) is 1.97. The Labute approximate surface area is 62.6 Å². The Bertz CT molecular complexity index is 86.3. The summed E-state index contributed by atoms with van der Waals surface area (Å²) in [6, 6.07) is 0.844. The highest BCUT2D eigenvalue weighted by Crippen LogP contribution is 2.12. The summed E-state index contributed by atoms with van der Waals surface area (Å²) in [5, 5.41) is 3.58. The van der Waals surface area contributed by atoms with Crippen LogP contribution < -0.4 is 5.32 Å². The van der Waals surface area contributed by atoms with Crippen molar-refractivity contribution in [3.05, 3.63) is 0 Å². The summed E-state index contributed by atoms with van der Waals surface area (Å²) in [7, 11) is 0. The van der Waals surface area contributed by atoms with Crippen LogP contribution in [0.1, 0.15) is 19.3 Å². The number of hydrogen-bond acceptors (Lipinski definition) is 2. The van der Waals surface area contributed by atoms with Crippen molar-refractivity contribution >= 4 is 0 Å². The van der Waals surface area contributed by atoms with Crippen LogP contribution in [0.4, 0.5) is 0 Å². The monoisotopic (exact) mass is 140 g/mol. The predicted octanol–water partition coefficient (Wildman–Crippen LogP) is 0.444. The molecule has 3 aliphatic heterocycles. The van der Waals surface area contributed by atoms with Crippen LogP contribution in [0.2, 0.25) is 0 Å². The van der Waals surface area contributed by atoms with Crippen LogP contribution in [-0.2, 0) is 0 Å². The quantitative estimate of drug-likeness (QED) is 0.525. The van der Waals surface area contributed by atoms with Crippen LogP contribution in [0.5, 0.6) is 0 Å².